The maximum atomic E-state index is 12.1. The molecule has 150 valence electrons. The van der Waals surface area contributed by atoms with Gasteiger partial charge in [0, 0.05) is 17.9 Å². The quantitative estimate of drug-likeness (QED) is 0.572. The van der Waals surface area contributed by atoms with Gasteiger partial charge in [-0.2, -0.15) is 0 Å². The van der Waals surface area contributed by atoms with Crippen LogP contribution in [-0.2, 0) is 11.3 Å². The number of methoxy groups -OCH3 is 1. The van der Waals surface area contributed by atoms with E-state index in [1.54, 1.807) is 7.11 Å². The van der Waals surface area contributed by atoms with Gasteiger partial charge in [-0.15, -0.1) is 0 Å². The molecule has 5 nitrogen and oxygen atoms in total. The monoisotopic (exact) mass is 390 g/mol. The molecule has 3 rings (SSSR count). The Morgan fingerprint density at radius 1 is 0.828 bits per heavy atom. The van der Waals surface area contributed by atoms with E-state index in [2.05, 4.69) is 41.8 Å². The summed E-state index contributed by atoms with van der Waals surface area (Å²) in [6.45, 7) is 4.63. The van der Waals surface area contributed by atoms with Crippen LogP contribution >= 0.6 is 0 Å². The molecule has 5 heteroatoms. The molecule has 0 radical (unpaired) electrons. The normalized spacial score (nSPS) is 10.3. The van der Waals surface area contributed by atoms with Crippen LogP contribution in [0, 0.1) is 13.8 Å². The topological polar surface area (TPSA) is 59.6 Å². The van der Waals surface area contributed by atoms with Crippen LogP contribution in [0.1, 0.15) is 16.7 Å². The Bertz CT molecular complexity index is 951. The largest absolute Gasteiger partial charge is 0.493 e. The van der Waals surface area contributed by atoms with Gasteiger partial charge in [0.2, 0.25) is 0 Å². The lowest BCUT2D eigenvalue weighted by atomic mass is 10.2. The summed E-state index contributed by atoms with van der Waals surface area (Å²) < 4.78 is 11.1. The first-order chi connectivity index (χ1) is 14.0. The van der Waals surface area contributed by atoms with Gasteiger partial charge in [-0.25, -0.2) is 0 Å². The van der Waals surface area contributed by atoms with Gasteiger partial charge in [0.05, 0.1) is 7.11 Å². The minimum Gasteiger partial charge on any atom is -0.493 e. The minimum absolute atomic E-state index is 0.0921. The molecule has 0 bridgehead atoms. The van der Waals surface area contributed by atoms with Crippen molar-refractivity contribution in [2.75, 3.05) is 24.4 Å². The average molecular weight is 390 g/mol. The number of ether oxygens (including phenoxy) is 2. The van der Waals surface area contributed by atoms with Crippen LogP contribution in [0.4, 0.5) is 11.4 Å². The second-order valence-electron chi connectivity index (χ2n) is 6.91. The lowest BCUT2D eigenvalue weighted by molar-refractivity contribution is -0.118. The fourth-order valence-electron chi connectivity index (χ4n) is 2.79. The molecule has 29 heavy (non-hydrogen) atoms. The molecule has 3 aromatic carbocycles. The predicted molar refractivity (Wildman–Crippen MR) is 117 cm³/mol. The van der Waals surface area contributed by atoms with Crippen molar-refractivity contribution in [3.8, 4) is 11.5 Å². The van der Waals surface area contributed by atoms with Crippen molar-refractivity contribution in [2.45, 2.75) is 20.4 Å². The third-order valence-corrected chi connectivity index (χ3v) is 4.47. The van der Waals surface area contributed by atoms with Crippen LogP contribution in [-0.4, -0.2) is 19.6 Å². The summed E-state index contributed by atoms with van der Waals surface area (Å²) in [5, 5.41) is 6.20. The molecule has 0 heterocycles. The summed E-state index contributed by atoms with van der Waals surface area (Å²) in [7, 11) is 1.59. The highest BCUT2D eigenvalue weighted by molar-refractivity contribution is 5.91. The van der Waals surface area contributed by atoms with Crippen molar-refractivity contribution in [1.82, 2.24) is 0 Å². The average Bonchev–Trinajstić information content (AvgIpc) is 2.73. The second kappa shape index (κ2) is 9.64. The molecular formula is C24H26N2O3. The second-order valence-corrected chi connectivity index (χ2v) is 6.91. The molecule has 0 aliphatic heterocycles. The number of benzene rings is 3. The van der Waals surface area contributed by atoms with Crippen LogP contribution in [0.25, 0.3) is 0 Å². The molecule has 3 aromatic rings. The van der Waals surface area contributed by atoms with Gasteiger partial charge in [0.1, 0.15) is 0 Å². The molecular weight excluding hydrogens is 364 g/mol. The first kappa shape index (κ1) is 20.3. The van der Waals surface area contributed by atoms with Crippen molar-refractivity contribution in [1.29, 1.82) is 0 Å². The lowest BCUT2D eigenvalue weighted by Gasteiger charge is -2.13. The number of hydrogen-bond acceptors (Lipinski definition) is 4. The number of anilines is 2. The summed E-state index contributed by atoms with van der Waals surface area (Å²) in [6, 6.07) is 21.6. The Morgan fingerprint density at radius 2 is 1.45 bits per heavy atom. The molecule has 0 fully saturated rings. The highest BCUT2D eigenvalue weighted by atomic mass is 16.5. The molecule has 0 spiro atoms. The molecule has 0 aliphatic rings. The van der Waals surface area contributed by atoms with Gasteiger partial charge in [-0.05, 0) is 55.8 Å². The van der Waals surface area contributed by atoms with E-state index in [0.29, 0.717) is 18.0 Å². The molecule has 0 atom stereocenters. The Morgan fingerprint density at radius 3 is 2.07 bits per heavy atom. The van der Waals surface area contributed by atoms with Crippen molar-refractivity contribution < 1.29 is 14.3 Å². The molecule has 0 aromatic heterocycles. The van der Waals surface area contributed by atoms with E-state index in [1.807, 2.05) is 49.4 Å². The molecule has 0 saturated heterocycles. The molecule has 0 aliphatic carbocycles. The molecule has 0 unspecified atom stereocenters. The van der Waals surface area contributed by atoms with E-state index in [-0.39, 0.29) is 12.5 Å². The molecule has 2 N–H and O–H groups in total. The summed E-state index contributed by atoms with van der Waals surface area (Å²) >= 11 is 0. The van der Waals surface area contributed by atoms with E-state index in [9.17, 15) is 4.79 Å². The van der Waals surface area contributed by atoms with Crippen molar-refractivity contribution >= 4 is 17.3 Å². The van der Waals surface area contributed by atoms with Gasteiger partial charge in [0.15, 0.2) is 18.1 Å². The lowest BCUT2D eigenvalue weighted by Crippen LogP contribution is -2.20. The van der Waals surface area contributed by atoms with E-state index in [0.717, 1.165) is 22.5 Å². The predicted octanol–water partition coefficient (Wildman–Crippen LogP) is 4.94. The number of rotatable bonds is 8. The third-order valence-electron chi connectivity index (χ3n) is 4.47. The Labute approximate surface area is 171 Å². The van der Waals surface area contributed by atoms with Crippen LogP contribution in [0.5, 0.6) is 11.5 Å². The SMILES string of the molecule is COc1cc(CNc2ccc(C)cc2)ccc1OCC(=O)Nc1ccc(C)cc1. The summed E-state index contributed by atoms with van der Waals surface area (Å²) in [6.07, 6.45) is 0. The maximum Gasteiger partial charge on any atom is 0.262 e. The summed E-state index contributed by atoms with van der Waals surface area (Å²) in [4.78, 5) is 12.1. The highest BCUT2D eigenvalue weighted by Gasteiger charge is 2.09. The standard InChI is InChI=1S/C24H26N2O3/c1-17-4-9-20(10-5-17)25-15-19-8-13-22(23(14-19)28-3)29-16-24(27)26-21-11-6-18(2)7-12-21/h4-14,25H,15-16H2,1-3H3,(H,26,27). The van der Waals surface area contributed by atoms with E-state index >= 15 is 0 Å². The number of carbonyl (C=O) groups excluding carboxylic acids is 1. The number of nitrogens with one attached hydrogen (secondary N) is 2. The van der Waals surface area contributed by atoms with Crippen LogP contribution in [0.3, 0.4) is 0 Å². The zero-order valence-electron chi connectivity index (χ0n) is 17.0. The van der Waals surface area contributed by atoms with Crippen molar-refractivity contribution in [2.24, 2.45) is 0 Å². The van der Waals surface area contributed by atoms with Gasteiger partial charge >= 0.3 is 0 Å². The van der Waals surface area contributed by atoms with Gasteiger partial charge < -0.3 is 20.1 Å². The zero-order chi connectivity index (χ0) is 20.6. The van der Waals surface area contributed by atoms with Crippen LogP contribution in [0.15, 0.2) is 66.7 Å². The zero-order valence-corrected chi connectivity index (χ0v) is 17.0. The molecule has 0 saturated carbocycles. The van der Waals surface area contributed by atoms with E-state index < -0.39 is 0 Å². The third kappa shape index (κ3) is 6.01. The minimum atomic E-state index is -0.221. The number of aryl methyl sites for hydroxylation is 2. The number of amides is 1. The van der Waals surface area contributed by atoms with Gasteiger partial charge in [-0.1, -0.05) is 41.5 Å². The van der Waals surface area contributed by atoms with Crippen LogP contribution < -0.4 is 20.1 Å². The first-order valence-electron chi connectivity index (χ1n) is 9.50. The van der Waals surface area contributed by atoms with Crippen molar-refractivity contribution in [3.05, 3.63) is 83.4 Å². The Balaban J connectivity index is 1.55. The summed E-state index contributed by atoms with van der Waals surface area (Å²) in [5.41, 5.74) is 5.22. The maximum absolute atomic E-state index is 12.1. The highest BCUT2D eigenvalue weighted by Crippen LogP contribution is 2.28. The van der Waals surface area contributed by atoms with Gasteiger partial charge in [0.25, 0.3) is 5.91 Å². The first-order valence-corrected chi connectivity index (χ1v) is 9.50. The summed E-state index contributed by atoms with van der Waals surface area (Å²) in [5.74, 6) is 0.906. The van der Waals surface area contributed by atoms with E-state index in [4.69, 9.17) is 9.47 Å². The Hall–Kier alpha value is -3.47. The number of carbonyl (C=O) groups is 1. The van der Waals surface area contributed by atoms with Crippen molar-refractivity contribution in [3.63, 3.8) is 0 Å². The smallest absolute Gasteiger partial charge is 0.262 e. The Kier molecular flexibility index (Phi) is 6.74. The van der Waals surface area contributed by atoms with Crippen LogP contribution in [0.2, 0.25) is 0 Å². The fraction of sp³-hybridized carbons (Fsp3) is 0.208. The number of hydrogen-bond donors (Lipinski definition) is 2. The fourth-order valence-corrected chi connectivity index (χ4v) is 2.79. The molecule has 1 amide bonds. The van der Waals surface area contributed by atoms with E-state index in [1.165, 1.54) is 5.56 Å². The van der Waals surface area contributed by atoms with Gasteiger partial charge in [-0.3, -0.25) is 4.79 Å².